The van der Waals surface area contributed by atoms with Crippen molar-refractivity contribution in [2.45, 2.75) is 0 Å². The molecule has 0 radical (unpaired) electrons. The minimum absolute atomic E-state index is 0.0351. The highest BCUT2D eigenvalue weighted by Crippen LogP contribution is 2.15. The molecule has 0 saturated carbocycles. The predicted molar refractivity (Wildman–Crippen MR) is 96.1 cm³/mol. The minimum Gasteiger partial charge on any atom is -0.378 e. The van der Waals surface area contributed by atoms with Crippen LogP contribution < -0.4 is 10.4 Å². The Morgan fingerprint density at radius 3 is 2.46 bits per heavy atom. The first kappa shape index (κ1) is 19.1. The fourth-order valence-electron chi connectivity index (χ4n) is 2.14. The van der Waals surface area contributed by atoms with Crippen LogP contribution in [0.2, 0.25) is 0 Å². The molecule has 136 valence electrons. The van der Waals surface area contributed by atoms with E-state index in [-0.39, 0.29) is 17.0 Å². The summed E-state index contributed by atoms with van der Waals surface area (Å²) in [6, 6.07) is 10.7. The molecular weight excluding hydrogens is 339 g/mol. The summed E-state index contributed by atoms with van der Waals surface area (Å²) in [6.45, 7) is 0. The number of hydrazone groups is 1. The summed E-state index contributed by atoms with van der Waals surface area (Å²) in [6.07, 6.45) is 1.18. The normalized spacial score (nSPS) is 10.7. The van der Waals surface area contributed by atoms with E-state index in [4.69, 9.17) is 5.21 Å². The van der Waals surface area contributed by atoms with Crippen LogP contribution in [0.15, 0.2) is 47.6 Å². The van der Waals surface area contributed by atoms with Gasteiger partial charge in [-0.1, -0.05) is 6.07 Å². The highest BCUT2D eigenvalue weighted by molar-refractivity contribution is 5.96. The third-order valence-corrected chi connectivity index (χ3v) is 3.64. The number of nitrogens with one attached hydrogen (secondary N) is 1. The number of anilines is 1. The number of carbonyl (C=O) groups excluding carboxylic acids is 2. The Kier molecular flexibility index (Phi) is 6.03. The second-order valence-corrected chi connectivity index (χ2v) is 5.70. The van der Waals surface area contributed by atoms with E-state index in [1.807, 2.05) is 25.1 Å². The smallest absolute Gasteiger partial charge is 0.274 e. The SMILES string of the molecule is CN(/N=C/c1ccc(C(=O)NO)cc1F)C(=O)c1cccc(N(C)C)c1. The molecule has 0 saturated heterocycles. The number of rotatable bonds is 5. The average Bonchev–Trinajstić information content (AvgIpc) is 2.65. The predicted octanol–water partition coefficient (Wildman–Crippen LogP) is 2.12. The first-order valence-electron chi connectivity index (χ1n) is 7.67. The van der Waals surface area contributed by atoms with Gasteiger partial charge >= 0.3 is 0 Å². The van der Waals surface area contributed by atoms with Gasteiger partial charge in [0.05, 0.1) is 6.21 Å². The molecule has 0 aliphatic rings. The van der Waals surface area contributed by atoms with E-state index < -0.39 is 11.7 Å². The zero-order valence-corrected chi connectivity index (χ0v) is 14.6. The average molecular weight is 358 g/mol. The topological polar surface area (TPSA) is 85.2 Å². The van der Waals surface area contributed by atoms with Crippen LogP contribution in [0.4, 0.5) is 10.1 Å². The van der Waals surface area contributed by atoms with E-state index in [0.29, 0.717) is 5.56 Å². The van der Waals surface area contributed by atoms with E-state index in [1.165, 1.54) is 30.9 Å². The lowest BCUT2D eigenvalue weighted by molar-refractivity contribution is 0.0705. The molecule has 0 fully saturated rings. The molecule has 2 aromatic rings. The Bertz CT molecular complexity index is 852. The van der Waals surface area contributed by atoms with Crippen molar-refractivity contribution in [3.05, 3.63) is 65.0 Å². The molecule has 0 unspecified atom stereocenters. The summed E-state index contributed by atoms with van der Waals surface area (Å²) in [5.74, 6) is -1.87. The number of hydrogen-bond donors (Lipinski definition) is 2. The van der Waals surface area contributed by atoms with E-state index in [0.717, 1.165) is 16.8 Å². The first-order valence-corrected chi connectivity index (χ1v) is 7.67. The quantitative estimate of drug-likeness (QED) is 0.487. The Morgan fingerprint density at radius 2 is 1.85 bits per heavy atom. The van der Waals surface area contributed by atoms with Crippen LogP contribution in [0.5, 0.6) is 0 Å². The maximum Gasteiger partial charge on any atom is 0.274 e. The fraction of sp³-hybridized carbons (Fsp3) is 0.167. The van der Waals surface area contributed by atoms with Gasteiger partial charge in [-0.05, 0) is 36.4 Å². The highest BCUT2D eigenvalue weighted by atomic mass is 19.1. The molecule has 7 nitrogen and oxygen atoms in total. The van der Waals surface area contributed by atoms with Crippen LogP contribution in [0.25, 0.3) is 0 Å². The zero-order chi connectivity index (χ0) is 19.3. The van der Waals surface area contributed by atoms with E-state index in [2.05, 4.69) is 5.10 Å². The molecule has 8 heteroatoms. The number of carbonyl (C=O) groups is 2. The fourth-order valence-corrected chi connectivity index (χ4v) is 2.14. The van der Waals surface area contributed by atoms with Gasteiger partial charge in [0, 0.05) is 43.5 Å². The molecule has 0 bridgehead atoms. The molecule has 0 spiro atoms. The summed E-state index contributed by atoms with van der Waals surface area (Å²) in [5, 5.41) is 13.6. The van der Waals surface area contributed by atoms with Crippen LogP contribution in [0.3, 0.4) is 0 Å². The molecule has 2 amide bonds. The Labute approximate surface area is 150 Å². The van der Waals surface area contributed by atoms with E-state index >= 15 is 0 Å². The van der Waals surface area contributed by atoms with Crippen molar-refractivity contribution < 1.29 is 19.2 Å². The lowest BCUT2D eigenvalue weighted by atomic mass is 10.1. The van der Waals surface area contributed by atoms with Gasteiger partial charge in [0.25, 0.3) is 11.8 Å². The second kappa shape index (κ2) is 8.21. The number of hydroxylamine groups is 1. The molecule has 0 aliphatic heterocycles. The molecule has 26 heavy (non-hydrogen) atoms. The van der Waals surface area contributed by atoms with Crippen molar-refractivity contribution in [1.82, 2.24) is 10.5 Å². The van der Waals surface area contributed by atoms with Gasteiger partial charge in [0.1, 0.15) is 5.82 Å². The number of amides is 2. The van der Waals surface area contributed by atoms with Crippen LogP contribution in [-0.2, 0) is 0 Å². The maximum absolute atomic E-state index is 14.0. The Morgan fingerprint density at radius 1 is 1.12 bits per heavy atom. The third kappa shape index (κ3) is 4.42. The molecule has 0 aliphatic carbocycles. The summed E-state index contributed by atoms with van der Waals surface area (Å²) in [7, 11) is 5.20. The van der Waals surface area contributed by atoms with Gasteiger partial charge < -0.3 is 4.90 Å². The van der Waals surface area contributed by atoms with Gasteiger partial charge in [0.2, 0.25) is 0 Å². The Hall–Kier alpha value is -3.26. The van der Waals surface area contributed by atoms with Crippen molar-refractivity contribution in [1.29, 1.82) is 0 Å². The summed E-state index contributed by atoms with van der Waals surface area (Å²) >= 11 is 0. The molecule has 0 aromatic heterocycles. The molecule has 2 aromatic carbocycles. The van der Waals surface area contributed by atoms with Gasteiger partial charge in [-0.2, -0.15) is 5.10 Å². The van der Waals surface area contributed by atoms with Gasteiger partial charge in [-0.3, -0.25) is 14.8 Å². The van der Waals surface area contributed by atoms with Crippen LogP contribution in [-0.4, -0.2) is 49.4 Å². The molecular formula is C18H19FN4O3. The number of hydrogen-bond acceptors (Lipinski definition) is 5. The minimum atomic E-state index is -0.819. The summed E-state index contributed by atoms with van der Waals surface area (Å²) < 4.78 is 14.0. The van der Waals surface area contributed by atoms with Crippen molar-refractivity contribution in [2.24, 2.45) is 5.10 Å². The largest absolute Gasteiger partial charge is 0.378 e. The van der Waals surface area contributed by atoms with Gasteiger partial charge in [-0.15, -0.1) is 0 Å². The van der Waals surface area contributed by atoms with Crippen LogP contribution >= 0.6 is 0 Å². The maximum atomic E-state index is 14.0. The summed E-state index contributed by atoms with van der Waals surface area (Å²) in [5.41, 5.74) is 2.81. The number of nitrogens with zero attached hydrogens (tertiary/aromatic N) is 3. The van der Waals surface area contributed by atoms with Gasteiger partial charge in [-0.25, -0.2) is 14.9 Å². The van der Waals surface area contributed by atoms with Crippen molar-refractivity contribution in [3.63, 3.8) is 0 Å². The molecule has 2 rings (SSSR count). The summed E-state index contributed by atoms with van der Waals surface area (Å²) in [4.78, 5) is 25.5. The van der Waals surface area contributed by atoms with Crippen molar-refractivity contribution in [2.75, 3.05) is 26.0 Å². The van der Waals surface area contributed by atoms with Gasteiger partial charge in [0.15, 0.2) is 0 Å². The molecule has 0 atom stereocenters. The third-order valence-electron chi connectivity index (χ3n) is 3.64. The van der Waals surface area contributed by atoms with Crippen molar-refractivity contribution in [3.8, 4) is 0 Å². The van der Waals surface area contributed by atoms with Crippen LogP contribution in [0, 0.1) is 5.82 Å². The zero-order valence-electron chi connectivity index (χ0n) is 14.6. The Balaban J connectivity index is 2.16. The van der Waals surface area contributed by atoms with E-state index in [9.17, 15) is 14.0 Å². The standard InChI is InChI=1S/C18H19FN4O3/c1-22(2)15-6-4-5-13(9-15)18(25)23(3)20-11-14-8-7-12(10-16(14)19)17(24)21-26/h4-11,26H,1-3H3,(H,21,24)/b20-11+. The number of halogens is 1. The lowest BCUT2D eigenvalue weighted by Crippen LogP contribution is -2.22. The second-order valence-electron chi connectivity index (χ2n) is 5.70. The first-order chi connectivity index (χ1) is 12.3. The van der Waals surface area contributed by atoms with E-state index in [1.54, 1.807) is 18.2 Å². The molecule has 2 N–H and O–H groups in total. The molecule has 0 heterocycles. The lowest BCUT2D eigenvalue weighted by Gasteiger charge is -2.15. The van der Waals surface area contributed by atoms with Crippen LogP contribution in [0.1, 0.15) is 26.3 Å². The highest BCUT2D eigenvalue weighted by Gasteiger charge is 2.12. The van der Waals surface area contributed by atoms with Crippen molar-refractivity contribution >= 4 is 23.7 Å². The number of benzene rings is 2. The monoisotopic (exact) mass is 358 g/mol.